The van der Waals surface area contributed by atoms with Gasteiger partial charge in [0.1, 0.15) is 12.4 Å². The molecule has 0 aliphatic carbocycles. The fraction of sp³-hybridized carbons (Fsp3) is 0.154. The number of rotatable bonds is 7. The lowest BCUT2D eigenvalue weighted by molar-refractivity contribution is 0.102. The summed E-state index contributed by atoms with van der Waals surface area (Å²) in [7, 11) is 0. The summed E-state index contributed by atoms with van der Waals surface area (Å²) in [5, 5.41) is 8.77. The summed E-state index contributed by atoms with van der Waals surface area (Å²) in [6.07, 6.45) is 0. The number of ether oxygens (including phenoxy) is 1. The molecular formula is C26H23Cl2N3O2. The number of nitrogens with zero attached hydrogens (tertiary/aromatic N) is 2. The molecule has 0 bridgehead atoms. The van der Waals surface area contributed by atoms with Gasteiger partial charge in [0.2, 0.25) is 0 Å². The third-order valence-electron chi connectivity index (χ3n) is 5.19. The fourth-order valence-corrected chi connectivity index (χ4v) is 3.77. The number of amides is 1. The molecule has 0 aliphatic heterocycles. The second-order valence-corrected chi connectivity index (χ2v) is 8.68. The number of hydrogen-bond acceptors (Lipinski definition) is 3. The van der Waals surface area contributed by atoms with E-state index in [4.69, 9.17) is 27.9 Å². The van der Waals surface area contributed by atoms with Crippen LogP contribution in [0.4, 0.5) is 5.82 Å². The van der Waals surface area contributed by atoms with Crippen molar-refractivity contribution < 1.29 is 9.53 Å². The summed E-state index contributed by atoms with van der Waals surface area (Å²) in [5.74, 6) is 1.04. The molecule has 1 amide bonds. The van der Waals surface area contributed by atoms with Gasteiger partial charge >= 0.3 is 0 Å². The first kappa shape index (κ1) is 22.9. The lowest BCUT2D eigenvalue weighted by atomic mass is 10.1. The second-order valence-electron chi connectivity index (χ2n) is 7.81. The molecular weight excluding hydrogens is 457 g/mol. The van der Waals surface area contributed by atoms with E-state index in [9.17, 15) is 4.79 Å². The first-order chi connectivity index (χ1) is 15.9. The van der Waals surface area contributed by atoms with Crippen molar-refractivity contribution in [2.75, 3.05) is 5.32 Å². The summed E-state index contributed by atoms with van der Waals surface area (Å²) in [6, 6.07) is 22.3. The molecule has 0 unspecified atom stereocenters. The van der Waals surface area contributed by atoms with Crippen molar-refractivity contribution in [3.8, 4) is 5.75 Å². The molecule has 0 atom stereocenters. The number of anilines is 1. The van der Waals surface area contributed by atoms with Crippen LogP contribution < -0.4 is 10.1 Å². The summed E-state index contributed by atoms with van der Waals surface area (Å²) in [4.78, 5) is 12.8. The van der Waals surface area contributed by atoms with Crippen molar-refractivity contribution in [3.63, 3.8) is 0 Å². The van der Waals surface area contributed by atoms with E-state index in [0.717, 1.165) is 28.1 Å². The van der Waals surface area contributed by atoms with Crippen molar-refractivity contribution in [1.82, 2.24) is 9.78 Å². The van der Waals surface area contributed by atoms with E-state index in [1.807, 2.05) is 79.2 Å². The predicted octanol–water partition coefficient (Wildman–Crippen LogP) is 6.69. The SMILES string of the molecule is Cc1cc(Cl)ccc1OCc1cccc(C(=O)Nc2cc(C)n(Cc3ccc(Cl)cc3)n2)c1. The van der Waals surface area contributed by atoms with E-state index >= 15 is 0 Å². The van der Waals surface area contributed by atoms with Crippen molar-refractivity contribution in [3.05, 3.63) is 111 Å². The van der Waals surface area contributed by atoms with E-state index in [0.29, 0.717) is 34.6 Å². The van der Waals surface area contributed by atoms with E-state index in [1.165, 1.54) is 0 Å². The Balaban J connectivity index is 1.41. The Bertz CT molecular complexity index is 1280. The molecule has 1 heterocycles. The highest BCUT2D eigenvalue weighted by molar-refractivity contribution is 6.30. The molecule has 1 N–H and O–H groups in total. The van der Waals surface area contributed by atoms with E-state index in [-0.39, 0.29) is 5.91 Å². The molecule has 0 aliphatic rings. The molecule has 33 heavy (non-hydrogen) atoms. The average molecular weight is 480 g/mol. The minimum Gasteiger partial charge on any atom is -0.489 e. The van der Waals surface area contributed by atoms with Gasteiger partial charge in [-0.25, -0.2) is 0 Å². The van der Waals surface area contributed by atoms with E-state index in [1.54, 1.807) is 12.1 Å². The van der Waals surface area contributed by atoms with Crippen molar-refractivity contribution in [2.45, 2.75) is 27.0 Å². The quantitative estimate of drug-likeness (QED) is 0.321. The topological polar surface area (TPSA) is 56.1 Å². The monoisotopic (exact) mass is 479 g/mol. The van der Waals surface area contributed by atoms with Gasteiger partial charge in [-0.05, 0) is 73.0 Å². The molecule has 168 valence electrons. The summed E-state index contributed by atoms with van der Waals surface area (Å²) >= 11 is 12.0. The van der Waals surface area contributed by atoms with Gasteiger partial charge in [0.25, 0.3) is 5.91 Å². The largest absolute Gasteiger partial charge is 0.489 e. The summed E-state index contributed by atoms with van der Waals surface area (Å²) in [6.45, 7) is 4.84. The first-order valence-corrected chi connectivity index (χ1v) is 11.2. The lowest BCUT2D eigenvalue weighted by Crippen LogP contribution is -2.13. The highest BCUT2D eigenvalue weighted by Crippen LogP contribution is 2.23. The van der Waals surface area contributed by atoms with Crippen molar-refractivity contribution in [2.24, 2.45) is 0 Å². The molecule has 0 saturated heterocycles. The van der Waals surface area contributed by atoms with Crippen molar-refractivity contribution in [1.29, 1.82) is 0 Å². The van der Waals surface area contributed by atoms with Crippen LogP contribution in [0.15, 0.2) is 72.8 Å². The van der Waals surface area contributed by atoms with Crippen LogP contribution in [0.3, 0.4) is 0 Å². The Morgan fingerprint density at radius 2 is 1.70 bits per heavy atom. The van der Waals surface area contributed by atoms with Crippen LogP contribution in [0.2, 0.25) is 10.0 Å². The van der Waals surface area contributed by atoms with Crippen LogP contribution in [0.25, 0.3) is 0 Å². The number of aromatic nitrogens is 2. The molecule has 4 rings (SSSR count). The first-order valence-electron chi connectivity index (χ1n) is 10.5. The molecule has 0 spiro atoms. The number of benzene rings is 3. The zero-order chi connectivity index (χ0) is 23.4. The molecule has 7 heteroatoms. The summed E-state index contributed by atoms with van der Waals surface area (Å²) in [5.41, 5.74) is 4.41. The minimum atomic E-state index is -0.226. The standard InChI is InChI=1S/C26H23Cl2N3O2/c1-17-12-23(28)10-11-24(17)33-16-20-4-3-5-21(14-20)26(32)29-25-13-18(2)31(30-25)15-19-6-8-22(27)9-7-19/h3-14H,15-16H2,1-2H3,(H,29,30,32). The third-order valence-corrected chi connectivity index (χ3v) is 5.68. The number of hydrogen-bond donors (Lipinski definition) is 1. The molecule has 3 aromatic carbocycles. The Morgan fingerprint density at radius 1 is 0.939 bits per heavy atom. The van der Waals surface area contributed by atoms with Gasteiger partial charge in [0, 0.05) is 27.4 Å². The molecule has 0 radical (unpaired) electrons. The van der Waals surface area contributed by atoms with E-state index in [2.05, 4.69) is 10.4 Å². The fourth-order valence-electron chi connectivity index (χ4n) is 3.42. The highest BCUT2D eigenvalue weighted by Gasteiger charge is 2.11. The number of halogens is 2. The highest BCUT2D eigenvalue weighted by atomic mass is 35.5. The maximum Gasteiger partial charge on any atom is 0.256 e. The zero-order valence-corrected chi connectivity index (χ0v) is 19.8. The van der Waals surface area contributed by atoms with Crippen LogP contribution in [-0.4, -0.2) is 15.7 Å². The number of nitrogens with one attached hydrogen (secondary N) is 1. The second kappa shape index (κ2) is 10.1. The van der Waals surface area contributed by atoms with E-state index < -0.39 is 0 Å². The van der Waals surface area contributed by atoms with Crippen molar-refractivity contribution >= 4 is 34.9 Å². The Hall–Kier alpha value is -3.28. The number of aryl methyl sites for hydroxylation is 2. The lowest BCUT2D eigenvalue weighted by Gasteiger charge is -2.10. The average Bonchev–Trinajstić information content (AvgIpc) is 3.13. The Labute approximate surface area is 202 Å². The Morgan fingerprint density at radius 3 is 2.45 bits per heavy atom. The number of carbonyl (C=O) groups excluding carboxylic acids is 1. The van der Waals surface area contributed by atoms with Crippen LogP contribution in [-0.2, 0) is 13.2 Å². The smallest absolute Gasteiger partial charge is 0.256 e. The molecule has 0 fully saturated rings. The van der Waals surface area contributed by atoms with Crippen LogP contribution in [0, 0.1) is 13.8 Å². The van der Waals surface area contributed by atoms with Gasteiger partial charge in [0.15, 0.2) is 5.82 Å². The van der Waals surface area contributed by atoms with Gasteiger partial charge in [-0.2, -0.15) is 5.10 Å². The van der Waals surface area contributed by atoms with Crippen LogP contribution in [0.1, 0.15) is 32.7 Å². The third kappa shape index (κ3) is 5.95. The Kier molecular flexibility index (Phi) is 7.02. The zero-order valence-electron chi connectivity index (χ0n) is 18.3. The maximum absolute atomic E-state index is 12.8. The molecule has 0 saturated carbocycles. The van der Waals surface area contributed by atoms with Crippen LogP contribution >= 0.6 is 23.2 Å². The summed E-state index contributed by atoms with van der Waals surface area (Å²) < 4.78 is 7.74. The minimum absolute atomic E-state index is 0.226. The number of carbonyl (C=O) groups is 1. The maximum atomic E-state index is 12.8. The van der Waals surface area contributed by atoms with Gasteiger partial charge < -0.3 is 10.1 Å². The molecule has 1 aromatic heterocycles. The molecule has 4 aromatic rings. The van der Waals surface area contributed by atoms with Gasteiger partial charge in [-0.15, -0.1) is 0 Å². The predicted molar refractivity (Wildman–Crippen MR) is 132 cm³/mol. The van der Waals surface area contributed by atoms with Gasteiger partial charge in [-0.3, -0.25) is 9.48 Å². The normalized spacial score (nSPS) is 10.8. The molecule has 5 nitrogen and oxygen atoms in total. The van der Waals surface area contributed by atoms with Gasteiger partial charge in [0.05, 0.1) is 6.54 Å². The van der Waals surface area contributed by atoms with Gasteiger partial charge in [-0.1, -0.05) is 47.5 Å². The van der Waals surface area contributed by atoms with Crippen LogP contribution in [0.5, 0.6) is 5.75 Å².